The molecular weight excluding hydrogens is 466 g/mol. The molecule has 1 aliphatic rings. The van der Waals surface area contributed by atoms with Gasteiger partial charge in [0, 0.05) is 27.5 Å². The molecule has 0 bridgehead atoms. The Hall–Kier alpha value is -5.09. The fourth-order valence-corrected chi connectivity index (χ4v) is 5.70. The number of hydrogen-bond donors (Lipinski definition) is 0. The average Bonchev–Trinajstić information content (AvgIpc) is 3.53. The Morgan fingerprint density at radius 1 is 0.500 bits per heavy atom. The Morgan fingerprint density at radius 2 is 1.13 bits per heavy atom. The van der Waals surface area contributed by atoms with Gasteiger partial charge in [0.1, 0.15) is 17.0 Å². The molecule has 1 aliphatic carbocycles. The van der Waals surface area contributed by atoms with E-state index >= 15 is 0 Å². The third kappa shape index (κ3) is 3.14. The molecule has 0 spiro atoms. The summed E-state index contributed by atoms with van der Waals surface area (Å²) in [7, 11) is 0. The van der Waals surface area contributed by atoms with Crippen LogP contribution in [0.5, 0.6) is 0 Å². The van der Waals surface area contributed by atoms with Gasteiger partial charge in [-0.1, -0.05) is 115 Å². The van der Waals surface area contributed by atoms with Crippen LogP contribution in [0.15, 0.2) is 126 Å². The number of fused-ring (bicyclic) bond motifs is 7. The Morgan fingerprint density at radius 3 is 1.87 bits per heavy atom. The summed E-state index contributed by atoms with van der Waals surface area (Å²) >= 11 is 0. The zero-order chi connectivity index (χ0) is 25.1. The summed E-state index contributed by atoms with van der Waals surface area (Å²) in [6, 6.07) is 41.4. The summed E-state index contributed by atoms with van der Waals surface area (Å²) in [5.74, 6) is 1.95. The smallest absolute Gasteiger partial charge is 0.163 e. The van der Waals surface area contributed by atoms with Gasteiger partial charge in [-0.3, -0.25) is 0 Å². The minimum absolute atomic E-state index is 0.133. The van der Waals surface area contributed by atoms with Crippen LogP contribution >= 0.6 is 0 Å². The SMILES string of the molecule is c1ccc(-c2nc(-c3ccccc3)nc(C3c4ccccc4-c4c3ccc3c4oc4ccccc43)n2)cc1. The second-order valence-corrected chi connectivity index (χ2v) is 9.60. The van der Waals surface area contributed by atoms with E-state index in [1.807, 2.05) is 72.8 Å². The summed E-state index contributed by atoms with van der Waals surface area (Å²) in [5, 5.41) is 2.25. The number of para-hydroxylation sites is 1. The number of benzene rings is 5. The topological polar surface area (TPSA) is 51.8 Å². The van der Waals surface area contributed by atoms with Gasteiger partial charge in [0.05, 0.1) is 5.92 Å². The number of rotatable bonds is 3. The molecule has 1 unspecified atom stereocenters. The Balaban J connectivity index is 1.41. The quantitative estimate of drug-likeness (QED) is 0.252. The molecule has 0 saturated heterocycles. The number of furan rings is 1. The average molecular weight is 488 g/mol. The van der Waals surface area contributed by atoms with Crippen LogP contribution in [0, 0.1) is 0 Å². The highest BCUT2D eigenvalue weighted by atomic mass is 16.3. The summed E-state index contributed by atoms with van der Waals surface area (Å²) in [6.07, 6.45) is 0. The molecule has 0 N–H and O–H groups in total. The van der Waals surface area contributed by atoms with Gasteiger partial charge in [0.25, 0.3) is 0 Å². The normalized spacial score (nSPS) is 14.1. The van der Waals surface area contributed by atoms with E-state index in [9.17, 15) is 0 Å². The molecule has 8 rings (SSSR count). The zero-order valence-corrected chi connectivity index (χ0v) is 20.4. The Labute approximate surface area is 219 Å². The van der Waals surface area contributed by atoms with Gasteiger partial charge in [0.15, 0.2) is 11.6 Å². The minimum Gasteiger partial charge on any atom is -0.455 e. The Kier molecular flexibility index (Phi) is 4.55. The standard InChI is InChI=1S/C34H21N3O/c1-3-11-21(12-4-1)32-35-33(22-13-5-2-6-14-22)37-34(36-32)30-25-17-8-7-16-24(25)29-27(30)20-19-26-23-15-9-10-18-28(23)38-31(26)29/h1-20,30H. The second kappa shape index (κ2) is 8.22. The largest absolute Gasteiger partial charge is 0.455 e. The van der Waals surface area contributed by atoms with Crippen molar-refractivity contribution < 1.29 is 4.42 Å². The zero-order valence-electron chi connectivity index (χ0n) is 20.4. The summed E-state index contributed by atoms with van der Waals surface area (Å²) in [6.45, 7) is 0. The van der Waals surface area contributed by atoms with E-state index in [1.54, 1.807) is 0 Å². The van der Waals surface area contributed by atoms with Crippen molar-refractivity contribution >= 4 is 21.9 Å². The third-order valence-corrected chi connectivity index (χ3v) is 7.41. The molecule has 4 heteroatoms. The molecule has 0 saturated carbocycles. The predicted octanol–water partition coefficient (Wildman–Crippen LogP) is 8.27. The van der Waals surface area contributed by atoms with Crippen LogP contribution in [0.4, 0.5) is 0 Å². The van der Waals surface area contributed by atoms with E-state index in [1.165, 1.54) is 11.1 Å². The predicted molar refractivity (Wildman–Crippen MR) is 151 cm³/mol. The molecule has 0 aliphatic heterocycles. The molecule has 0 fully saturated rings. The minimum atomic E-state index is -0.133. The van der Waals surface area contributed by atoms with Gasteiger partial charge in [0.2, 0.25) is 0 Å². The highest BCUT2D eigenvalue weighted by Crippen LogP contribution is 2.51. The molecule has 1 atom stereocenters. The fraction of sp³-hybridized carbons (Fsp3) is 0.0294. The van der Waals surface area contributed by atoms with Crippen LogP contribution in [0.2, 0.25) is 0 Å². The first-order valence-electron chi connectivity index (χ1n) is 12.8. The highest BCUT2D eigenvalue weighted by molar-refractivity contribution is 6.11. The number of hydrogen-bond acceptors (Lipinski definition) is 4. The van der Waals surface area contributed by atoms with E-state index in [-0.39, 0.29) is 5.92 Å². The van der Waals surface area contributed by atoms with Crippen molar-refractivity contribution in [2.45, 2.75) is 5.92 Å². The highest BCUT2D eigenvalue weighted by Gasteiger charge is 2.35. The lowest BCUT2D eigenvalue weighted by molar-refractivity contribution is 0.669. The van der Waals surface area contributed by atoms with Crippen molar-refractivity contribution in [2.75, 3.05) is 0 Å². The summed E-state index contributed by atoms with van der Waals surface area (Å²) in [4.78, 5) is 15.1. The van der Waals surface area contributed by atoms with Crippen LogP contribution in [0.3, 0.4) is 0 Å². The van der Waals surface area contributed by atoms with Crippen LogP contribution < -0.4 is 0 Å². The maximum Gasteiger partial charge on any atom is 0.163 e. The number of aromatic nitrogens is 3. The lowest BCUT2D eigenvalue weighted by atomic mass is 9.95. The molecule has 7 aromatic rings. The van der Waals surface area contributed by atoms with Gasteiger partial charge in [-0.25, -0.2) is 15.0 Å². The van der Waals surface area contributed by atoms with Gasteiger partial charge in [-0.15, -0.1) is 0 Å². The molecule has 4 nitrogen and oxygen atoms in total. The maximum atomic E-state index is 6.47. The molecule has 0 amide bonds. The molecule has 2 heterocycles. The summed E-state index contributed by atoms with van der Waals surface area (Å²) < 4.78 is 6.47. The van der Waals surface area contributed by atoms with Crippen LogP contribution in [-0.2, 0) is 0 Å². The van der Waals surface area contributed by atoms with Crippen molar-refractivity contribution in [3.8, 4) is 33.9 Å². The second-order valence-electron chi connectivity index (χ2n) is 9.60. The monoisotopic (exact) mass is 487 g/mol. The van der Waals surface area contributed by atoms with Crippen LogP contribution in [0.1, 0.15) is 22.9 Å². The first-order valence-corrected chi connectivity index (χ1v) is 12.8. The molecule has 0 radical (unpaired) electrons. The van der Waals surface area contributed by atoms with Crippen molar-refractivity contribution in [3.05, 3.63) is 138 Å². The molecule has 2 aromatic heterocycles. The molecular formula is C34H21N3O. The first-order chi connectivity index (χ1) is 18.8. The van der Waals surface area contributed by atoms with Gasteiger partial charge in [-0.2, -0.15) is 0 Å². The third-order valence-electron chi connectivity index (χ3n) is 7.41. The molecule has 5 aromatic carbocycles. The van der Waals surface area contributed by atoms with E-state index in [0.717, 1.165) is 50.0 Å². The lowest BCUT2D eigenvalue weighted by Gasteiger charge is -2.15. The van der Waals surface area contributed by atoms with E-state index in [2.05, 4.69) is 48.5 Å². The van der Waals surface area contributed by atoms with E-state index in [0.29, 0.717) is 11.6 Å². The summed E-state index contributed by atoms with van der Waals surface area (Å²) in [5.41, 5.74) is 8.37. The van der Waals surface area contributed by atoms with Gasteiger partial charge >= 0.3 is 0 Å². The van der Waals surface area contributed by atoms with E-state index < -0.39 is 0 Å². The van der Waals surface area contributed by atoms with Crippen LogP contribution in [0.25, 0.3) is 55.8 Å². The van der Waals surface area contributed by atoms with Crippen molar-refractivity contribution in [1.29, 1.82) is 0 Å². The first kappa shape index (κ1) is 21.0. The van der Waals surface area contributed by atoms with Gasteiger partial charge in [-0.05, 0) is 22.8 Å². The molecule has 38 heavy (non-hydrogen) atoms. The van der Waals surface area contributed by atoms with Gasteiger partial charge < -0.3 is 4.42 Å². The van der Waals surface area contributed by atoms with Crippen LogP contribution in [-0.4, -0.2) is 15.0 Å². The maximum absolute atomic E-state index is 6.47. The van der Waals surface area contributed by atoms with E-state index in [4.69, 9.17) is 19.4 Å². The van der Waals surface area contributed by atoms with Crippen molar-refractivity contribution in [1.82, 2.24) is 15.0 Å². The lowest BCUT2D eigenvalue weighted by Crippen LogP contribution is -2.09. The van der Waals surface area contributed by atoms with Crippen molar-refractivity contribution in [3.63, 3.8) is 0 Å². The fourth-order valence-electron chi connectivity index (χ4n) is 5.70. The number of nitrogens with zero attached hydrogens (tertiary/aromatic N) is 3. The van der Waals surface area contributed by atoms with Crippen molar-refractivity contribution in [2.24, 2.45) is 0 Å². The molecule has 178 valence electrons. The Bertz CT molecular complexity index is 1920.